The summed E-state index contributed by atoms with van der Waals surface area (Å²) in [6.07, 6.45) is -2.65. The van der Waals surface area contributed by atoms with Gasteiger partial charge in [0.05, 0.1) is 5.56 Å². The molecule has 18 heavy (non-hydrogen) atoms. The summed E-state index contributed by atoms with van der Waals surface area (Å²) in [6.45, 7) is 4.46. The van der Waals surface area contributed by atoms with Crippen molar-refractivity contribution in [1.82, 2.24) is 0 Å². The second-order valence-corrected chi connectivity index (χ2v) is 4.39. The highest BCUT2D eigenvalue weighted by atomic mass is 19.4. The third kappa shape index (κ3) is 3.38. The van der Waals surface area contributed by atoms with E-state index in [4.69, 9.17) is 5.73 Å². The maximum Gasteiger partial charge on any atom is 0.416 e. The molecule has 0 aliphatic heterocycles. The van der Waals surface area contributed by atoms with Crippen molar-refractivity contribution in [1.29, 1.82) is 0 Å². The fourth-order valence-corrected chi connectivity index (χ4v) is 1.82. The molecule has 3 N–H and O–H groups in total. The van der Waals surface area contributed by atoms with Gasteiger partial charge in [0.15, 0.2) is 0 Å². The van der Waals surface area contributed by atoms with Crippen LogP contribution >= 0.6 is 0 Å². The molecule has 0 atom stereocenters. The summed E-state index contributed by atoms with van der Waals surface area (Å²) in [5.74, 6) is 0. The van der Waals surface area contributed by atoms with Gasteiger partial charge >= 0.3 is 6.18 Å². The van der Waals surface area contributed by atoms with Crippen LogP contribution in [0.3, 0.4) is 0 Å². The van der Waals surface area contributed by atoms with E-state index in [0.29, 0.717) is 12.2 Å². The molecule has 2 nitrogen and oxygen atoms in total. The number of benzene rings is 1. The Morgan fingerprint density at radius 2 is 1.56 bits per heavy atom. The van der Waals surface area contributed by atoms with E-state index in [1.54, 1.807) is 0 Å². The monoisotopic (exact) mass is 260 g/mol. The topological polar surface area (TPSA) is 38.0 Å². The standard InChI is InChI=1S/C13H19F3N2/c1-3-12(4-2,9-17)18-11-7-5-10(6-8-11)13(14,15)16/h5-8,18H,3-4,9,17H2,1-2H3. The van der Waals surface area contributed by atoms with Crippen LogP contribution in [0.1, 0.15) is 32.3 Å². The molecular formula is C13H19F3N2. The molecule has 0 fully saturated rings. The molecule has 0 aromatic heterocycles. The Labute approximate surface area is 105 Å². The first-order chi connectivity index (χ1) is 8.37. The molecule has 0 heterocycles. The van der Waals surface area contributed by atoms with Gasteiger partial charge in [-0.25, -0.2) is 0 Å². The van der Waals surface area contributed by atoms with Gasteiger partial charge in [-0.3, -0.25) is 0 Å². The number of nitrogens with one attached hydrogen (secondary N) is 1. The molecule has 102 valence electrons. The Morgan fingerprint density at radius 1 is 1.06 bits per heavy atom. The quantitative estimate of drug-likeness (QED) is 0.848. The molecule has 5 heteroatoms. The van der Waals surface area contributed by atoms with Gasteiger partial charge < -0.3 is 11.1 Å². The van der Waals surface area contributed by atoms with Crippen LogP contribution in [0.25, 0.3) is 0 Å². The van der Waals surface area contributed by atoms with Gasteiger partial charge in [0.1, 0.15) is 0 Å². The number of hydrogen-bond acceptors (Lipinski definition) is 2. The average molecular weight is 260 g/mol. The van der Waals surface area contributed by atoms with E-state index in [1.165, 1.54) is 12.1 Å². The minimum Gasteiger partial charge on any atom is -0.378 e. The van der Waals surface area contributed by atoms with Gasteiger partial charge in [-0.15, -0.1) is 0 Å². The van der Waals surface area contributed by atoms with Crippen LogP contribution in [0, 0.1) is 0 Å². The molecule has 0 aliphatic rings. The fraction of sp³-hybridized carbons (Fsp3) is 0.538. The van der Waals surface area contributed by atoms with Crippen molar-refractivity contribution in [2.24, 2.45) is 5.73 Å². The first-order valence-corrected chi connectivity index (χ1v) is 6.02. The minimum absolute atomic E-state index is 0.250. The van der Waals surface area contributed by atoms with Gasteiger partial charge in [-0.2, -0.15) is 13.2 Å². The summed E-state index contributed by atoms with van der Waals surface area (Å²) < 4.78 is 37.2. The highest BCUT2D eigenvalue weighted by Crippen LogP contribution is 2.30. The number of alkyl halides is 3. The summed E-state index contributed by atoms with van der Waals surface area (Å²) >= 11 is 0. The molecule has 0 unspecified atom stereocenters. The van der Waals surface area contributed by atoms with Gasteiger partial charge in [0, 0.05) is 17.8 Å². The van der Waals surface area contributed by atoms with E-state index in [1.807, 2.05) is 13.8 Å². The predicted molar refractivity (Wildman–Crippen MR) is 67.4 cm³/mol. The molecular weight excluding hydrogens is 241 g/mol. The second kappa shape index (κ2) is 5.61. The van der Waals surface area contributed by atoms with Crippen LogP contribution < -0.4 is 11.1 Å². The Bertz CT molecular complexity index is 359. The lowest BCUT2D eigenvalue weighted by atomic mass is 9.92. The van der Waals surface area contributed by atoms with Crippen molar-refractivity contribution in [2.45, 2.75) is 38.4 Å². The maximum atomic E-state index is 12.4. The summed E-state index contributed by atoms with van der Waals surface area (Å²) in [7, 11) is 0. The third-order valence-corrected chi connectivity index (χ3v) is 3.37. The Hall–Kier alpha value is -1.23. The Kier molecular flexibility index (Phi) is 4.62. The zero-order chi connectivity index (χ0) is 13.8. The average Bonchev–Trinajstić information content (AvgIpc) is 2.36. The molecule has 0 saturated carbocycles. The molecule has 1 aromatic carbocycles. The highest BCUT2D eigenvalue weighted by molar-refractivity contribution is 5.47. The van der Waals surface area contributed by atoms with E-state index in [0.717, 1.165) is 25.0 Å². The summed E-state index contributed by atoms with van der Waals surface area (Å²) in [5.41, 5.74) is 5.51. The largest absolute Gasteiger partial charge is 0.416 e. The first kappa shape index (κ1) is 14.8. The smallest absolute Gasteiger partial charge is 0.378 e. The van der Waals surface area contributed by atoms with Gasteiger partial charge in [0.2, 0.25) is 0 Å². The minimum atomic E-state index is -4.29. The SMILES string of the molecule is CCC(CC)(CN)Nc1ccc(C(F)(F)F)cc1. The number of rotatable bonds is 5. The van der Waals surface area contributed by atoms with Crippen LogP contribution in [0.15, 0.2) is 24.3 Å². The van der Waals surface area contributed by atoms with Crippen molar-refractivity contribution >= 4 is 5.69 Å². The van der Waals surface area contributed by atoms with E-state index in [2.05, 4.69) is 5.32 Å². The molecule has 0 amide bonds. The lowest BCUT2D eigenvalue weighted by Crippen LogP contribution is -2.44. The van der Waals surface area contributed by atoms with Crippen LogP contribution in [0.2, 0.25) is 0 Å². The van der Waals surface area contributed by atoms with Crippen molar-refractivity contribution in [2.75, 3.05) is 11.9 Å². The van der Waals surface area contributed by atoms with Gasteiger partial charge in [0.25, 0.3) is 0 Å². The molecule has 1 aromatic rings. The van der Waals surface area contributed by atoms with Crippen LogP contribution in [0.4, 0.5) is 18.9 Å². The van der Waals surface area contributed by atoms with Crippen LogP contribution in [-0.2, 0) is 6.18 Å². The zero-order valence-electron chi connectivity index (χ0n) is 10.6. The van der Waals surface area contributed by atoms with Crippen LogP contribution in [-0.4, -0.2) is 12.1 Å². The lowest BCUT2D eigenvalue weighted by Gasteiger charge is -2.32. The zero-order valence-corrected chi connectivity index (χ0v) is 10.6. The van der Waals surface area contributed by atoms with Crippen LogP contribution in [0.5, 0.6) is 0 Å². The molecule has 0 bridgehead atoms. The summed E-state index contributed by atoms with van der Waals surface area (Å²) in [4.78, 5) is 0. The van der Waals surface area contributed by atoms with Crippen molar-refractivity contribution in [3.05, 3.63) is 29.8 Å². The van der Waals surface area contributed by atoms with Gasteiger partial charge in [-0.1, -0.05) is 13.8 Å². The first-order valence-electron chi connectivity index (χ1n) is 6.02. The molecule has 1 rings (SSSR count). The van der Waals surface area contributed by atoms with Crippen molar-refractivity contribution < 1.29 is 13.2 Å². The summed E-state index contributed by atoms with van der Waals surface area (Å²) in [6, 6.07) is 5.04. The van der Waals surface area contributed by atoms with E-state index in [-0.39, 0.29) is 5.54 Å². The van der Waals surface area contributed by atoms with E-state index in [9.17, 15) is 13.2 Å². The van der Waals surface area contributed by atoms with Gasteiger partial charge in [-0.05, 0) is 37.1 Å². The lowest BCUT2D eigenvalue weighted by molar-refractivity contribution is -0.137. The number of hydrogen-bond donors (Lipinski definition) is 2. The van der Waals surface area contributed by atoms with Crippen molar-refractivity contribution in [3.63, 3.8) is 0 Å². The Balaban J connectivity index is 2.86. The number of nitrogens with two attached hydrogens (primary N) is 1. The molecule has 0 aliphatic carbocycles. The molecule has 0 spiro atoms. The number of anilines is 1. The predicted octanol–water partition coefficient (Wildman–Crippen LogP) is 3.63. The maximum absolute atomic E-state index is 12.4. The summed E-state index contributed by atoms with van der Waals surface area (Å²) in [5, 5.41) is 3.23. The fourth-order valence-electron chi connectivity index (χ4n) is 1.82. The highest BCUT2D eigenvalue weighted by Gasteiger charge is 2.30. The normalized spacial score (nSPS) is 12.6. The third-order valence-electron chi connectivity index (χ3n) is 3.37. The van der Waals surface area contributed by atoms with E-state index >= 15 is 0 Å². The molecule has 0 saturated heterocycles. The second-order valence-electron chi connectivity index (χ2n) is 4.39. The van der Waals surface area contributed by atoms with Crippen molar-refractivity contribution in [3.8, 4) is 0 Å². The molecule has 0 radical (unpaired) electrons. The Morgan fingerprint density at radius 3 is 1.89 bits per heavy atom. The number of halogens is 3. The van der Waals surface area contributed by atoms with E-state index < -0.39 is 11.7 Å².